The lowest BCUT2D eigenvalue weighted by Gasteiger charge is -2.30. The highest BCUT2D eigenvalue weighted by Crippen LogP contribution is 2.43. The number of ketones is 1. The third-order valence-electron chi connectivity index (χ3n) is 7.04. The lowest BCUT2D eigenvalue weighted by Crippen LogP contribution is -2.20. The number of aliphatic hydroxyl groups is 1. The Labute approximate surface area is 182 Å². The number of Topliss-reactive ketones (excluding diaryl/α,β-unsaturated/α-hetero) is 1. The predicted octanol–water partition coefficient (Wildman–Crippen LogP) is 7.39. The first kappa shape index (κ1) is 21.1. The van der Waals surface area contributed by atoms with Gasteiger partial charge in [0.05, 0.1) is 5.57 Å². The normalized spacial score (nSPS) is 24.5. The van der Waals surface area contributed by atoms with Crippen LogP contribution in [0.15, 0.2) is 42.2 Å². The van der Waals surface area contributed by atoms with Crippen molar-refractivity contribution in [3.63, 3.8) is 0 Å². The van der Waals surface area contributed by atoms with Crippen molar-refractivity contribution in [1.82, 2.24) is 0 Å². The summed E-state index contributed by atoms with van der Waals surface area (Å²) in [6.45, 7) is 4.07. The van der Waals surface area contributed by atoms with E-state index in [9.17, 15) is 14.3 Å². The van der Waals surface area contributed by atoms with Crippen LogP contribution in [-0.4, -0.2) is 10.9 Å². The third kappa shape index (κ3) is 3.92. The molecule has 2 bridgehead atoms. The highest BCUT2D eigenvalue weighted by Gasteiger charge is 2.35. The Hall–Kier alpha value is -2.13. The Kier molecular flexibility index (Phi) is 6.02. The molecule has 0 radical (unpaired) electrons. The second kappa shape index (κ2) is 8.55. The summed E-state index contributed by atoms with van der Waals surface area (Å²) < 4.78 is 14.6. The summed E-state index contributed by atoms with van der Waals surface area (Å²) in [6, 6.07) is 10.3. The maximum atomic E-state index is 14.6. The number of benzene rings is 2. The molecular weight excluding hydrogens is 399 g/mol. The first-order valence-electron chi connectivity index (χ1n) is 10.9. The molecule has 5 rings (SSSR count). The van der Waals surface area contributed by atoms with Gasteiger partial charge in [-0.1, -0.05) is 37.6 Å². The van der Waals surface area contributed by atoms with Crippen molar-refractivity contribution in [2.75, 3.05) is 0 Å². The third-order valence-corrected chi connectivity index (χ3v) is 7.28. The van der Waals surface area contributed by atoms with E-state index < -0.39 is 5.82 Å². The average Bonchev–Trinajstić information content (AvgIpc) is 2.80. The lowest BCUT2D eigenvalue weighted by atomic mass is 9.76. The zero-order valence-corrected chi connectivity index (χ0v) is 18.3. The van der Waals surface area contributed by atoms with E-state index in [1.54, 1.807) is 12.1 Å². The predicted molar refractivity (Wildman–Crippen MR) is 120 cm³/mol. The maximum absolute atomic E-state index is 14.6. The number of fused-ring (bicyclic) bond motifs is 5. The van der Waals surface area contributed by atoms with Gasteiger partial charge < -0.3 is 5.11 Å². The quantitative estimate of drug-likeness (QED) is 0.555. The van der Waals surface area contributed by atoms with E-state index in [-0.39, 0.29) is 17.5 Å². The summed E-state index contributed by atoms with van der Waals surface area (Å²) in [6.07, 6.45) is 5.43. The van der Waals surface area contributed by atoms with Crippen LogP contribution < -0.4 is 0 Å². The van der Waals surface area contributed by atoms with Gasteiger partial charge in [-0.15, -0.1) is 0 Å². The minimum atomic E-state index is -0.400. The van der Waals surface area contributed by atoms with Gasteiger partial charge in [0, 0.05) is 22.9 Å². The topological polar surface area (TPSA) is 37.3 Å². The second-order valence-corrected chi connectivity index (χ2v) is 9.24. The molecule has 0 aliphatic heterocycles. The summed E-state index contributed by atoms with van der Waals surface area (Å²) in [5.74, 6) is 0.561. The summed E-state index contributed by atoms with van der Waals surface area (Å²) in [5.41, 5.74) is 3.28. The Balaban J connectivity index is 1.88. The van der Waals surface area contributed by atoms with E-state index in [1.165, 1.54) is 6.07 Å². The monoisotopic (exact) mass is 426 g/mol. The SMILES string of the molecule is CCc1ccc(-c2ccc(Cl)cc2F)cc1C1=C(O)[C@@H](C)C2CCC(CC2)CC1=O. The number of hydrogen-bond acceptors (Lipinski definition) is 2. The van der Waals surface area contributed by atoms with E-state index in [0.29, 0.717) is 40.0 Å². The number of carbonyl (C=O) groups is 1. The van der Waals surface area contributed by atoms with Crippen molar-refractivity contribution in [3.8, 4) is 11.1 Å². The van der Waals surface area contributed by atoms with Crippen LogP contribution in [0.5, 0.6) is 0 Å². The van der Waals surface area contributed by atoms with Gasteiger partial charge in [0.1, 0.15) is 11.6 Å². The summed E-state index contributed by atoms with van der Waals surface area (Å²) in [5, 5.41) is 11.6. The number of allylic oxidation sites excluding steroid dienone is 2. The fourth-order valence-electron chi connectivity index (χ4n) is 5.15. The van der Waals surface area contributed by atoms with Gasteiger partial charge in [0.15, 0.2) is 5.78 Å². The molecule has 158 valence electrons. The highest BCUT2D eigenvalue weighted by molar-refractivity contribution is 6.30. The molecule has 2 aromatic rings. The van der Waals surface area contributed by atoms with Crippen LogP contribution >= 0.6 is 11.6 Å². The molecule has 30 heavy (non-hydrogen) atoms. The fraction of sp³-hybridized carbons (Fsp3) is 0.423. The molecule has 0 amide bonds. The van der Waals surface area contributed by atoms with Crippen LogP contribution in [0.3, 0.4) is 0 Å². The molecule has 3 aliphatic rings. The van der Waals surface area contributed by atoms with Crippen LogP contribution in [-0.2, 0) is 11.2 Å². The minimum Gasteiger partial charge on any atom is -0.511 e. The fourth-order valence-corrected chi connectivity index (χ4v) is 5.31. The van der Waals surface area contributed by atoms with Crippen molar-refractivity contribution in [2.24, 2.45) is 17.8 Å². The molecule has 1 saturated carbocycles. The maximum Gasteiger partial charge on any atom is 0.167 e. The largest absolute Gasteiger partial charge is 0.511 e. The smallest absolute Gasteiger partial charge is 0.167 e. The van der Waals surface area contributed by atoms with Crippen molar-refractivity contribution in [3.05, 3.63) is 64.1 Å². The molecule has 1 atom stereocenters. The van der Waals surface area contributed by atoms with Gasteiger partial charge in [-0.3, -0.25) is 4.79 Å². The number of halogens is 2. The standard InChI is InChI=1S/C26H28ClFO2/c1-3-17-8-9-19(21-11-10-20(27)14-23(21)28)13-22(17)25-24(29)12-16-4-6-18(7-5-16)15(2)26(25)30/h8-11,13-16,18,30H,3-7,12H2,1-2H3/t15-,16?,18?/m0/s1. The molecular formula is C26H28ClFO2. The van der Waals surface area contributed by atoms with E-state index in [1.807, 2.05) is 32.0 Å². The van der Waals surface area contributed by atoms with Crippen LogP contribution in [0.4, 0.5) is 4.39 Å². The molecule has 2 aromatic carbocycles. The Morgan fingerprint density at radius 2 is 1.80 bits per heavy atom. The van der Waals surface area contributed by atoms with Gasteiger partial charge in [-0.25, -0.2) is 4.39 Å². The molecule has 0 spiro atoms. The zero-order chi connectivity index (χ0) is 21.4. The Morgan fingerprint density at radius 1 is 1.07 bits per heavy atom. The Bertz CT molecular complexity index is 1000. The molecule has 0 saturated heterocycles. The van der Waals surface area contributed by atoms with E-state index in [2.05, 4.69) is 0 Å². The second-order valence-electron chi connectivity index (χ2n) is 8.81. The number of carbonyl (C=O) groups excluding carboxylic acids is 1. The van der Waals surface area contributed by atoms with Crippen LogP contribution in [0.25, 0.3) is 16.7 Å². The average molecular weight is 427 g/mol. The van der Waals surface area contributed by atoms with Gasteiger partial charge in [-0.05, 0) is 84.9 Å². The van der Waals surface area contributed by atoms with Crippen molar-refractivity contribution in [1.29, 1.82) is 0 Å². The molecule has 1 fully saturated rings. The zero-order valence-electron chi connectivity index (χ0n) is 17.6. The van der Waals surface area contributed by atoms with Crippen LogP contribution in [0.1, 0.15) is 57.1 Å². The first-order valence-corrected chi connectivity index (χ1v) is 11.3. The van der Waals surface area contributed by atoms with Gasteiger partial charge >= 0.3 is 0 Å². The van der Waals surface area contributed by atoms with Crippen molar-refractivity contribution < 1.29 is 14.3 Å². The minimum absolute atomic E-state index is 0.00956. The van der Waals surface area contributed by atoms with Gasteiger partial charge in [0.25, 0.3) is 0 Å². The van der Waals surface area contributed by atoms with Crippen molar-refractivity contribution >= 4 is 23.0 Å². The molecule has 2 nitrogen and oxygen atoms in total. The summed E-state index contributed by atoms with van der Waals surface area (Å²) in [7, 11) is 0. The van der Waals surface area contributed by atoms with E-state index in [0.717, 1.165) is 43.2 Å². The molecule has 4 heteroatoms. The molecule has 1 N–H and O–H groups in total. The lowest BCUT2D eigenvalue weighted by molar-refractivity contribution is -0.114. The molecule has 0 unspecified atom stereocenters. The highest BCUT2D eigenvalue weighted by atomic mass is 35.5. The molecule has 3 aliphatic carbocycles. The summed E-state index contributed by atoms with van der Waals surface area (Å²) in [4.78, 5) is 13.4. The van der Waals surface area contributed by atoms with Crippen LogP contribution in [0.2, 0.25) is 5.02 Å². The first-order chi connectivity index (χ1) is 14.4. The van der Waals surface area contributed by atoms with Gasteiger partial charge in [0.2, 0.25) is 0 Å². The Morgan fingerprint density at radius 3 is 2.47 bits per heavy atom. The molecule has 0 heterocycles. The number of aryl methyl sites for hydroxylation is 1. The number of rotatable bonds is 3. The summed E-state index contributed by atoms with van der Waals surface area (Å²) >= 11 is 5.92. The van der Waals surface area contributed by atoms with Crippen LogP contribution in [0, 0.1) is 23.6 Å². The van der Waals surface area contributed by atoms with Crippen molar-refractivity contribution in [2.45, 2.75) is 52.4 Å². The van der Waals surface area contributed by atoms with E-state index >= 15 is 0 Å². The van der Waals surface area contributed by atoms with Gasteiger partial charge in [-0.2, -0.15) is 0 Å². The van der Waals surface area contributed by atoms with E-state index in [4.69, 9.17) is 11.6 Å². The molecule has 0 aromatic heterocycles. The number of aliphatic hydroxyl groups excluding tert-OH is 1. The number of hydrogen-bond donors (Lipinski definition) is 1.